The lowest BCUT2D eigenvalue weighted by Crippen LogP contribution is -2.22. The van der Waals surface area contributed by atoms with Crippen LogP contribution in [0, 0.1) is 18.3 Å². The molecule has 0 spiro atoms. The summed E-state index contributed by atoms with van der Waals surface area (Å²) >= 11 is 12.1. The van der Waals surface area contributed by atoms with Gasteiger partial charge < -0.3 is 14.3 Å². The van der Waals surface area contributed by atoms with E-state index in [1.165, 1.54) is 12.1 Å². The molecule has 0 amide bonds. The number of carbonyl (C=O) groups excluding carboxylic acids is 1. The quantitative estimate of drug-likeness (QED) is 0.581. The second-order valence-corrected chi connectivity index (χ2v) is 6.66. The molecule has 1 aromatic heterocycles. The number of halogens is 2. The monoisotopic (exact) mass is 396 g/mol. The minimum atomic E-state index is -1.23. The van der Waals surface area contributed by atoms with Crippen molar-refractivity contribution in [2.75, 3.05) is 0 Å². The lowest BCUT2D eigenvalue weighted by molar-refractivity contribution is -0.255. The van der Waals surface area contributed by atoms with Gasteiger partial charge in [0.15, 0.2) is 0 Å². The minimum absolute atomic E-state index is 0.104. The maximum Gasteiger partial charge on any atom is 0.135 e. The Bertz CT molecular complexity index is 1110. The summed E-state index contributed by atoms with van der Waals surface area (Å²) in [5, 5.41) is 21.3. The molecular weight excluding hydrogens is 385 g/mol. The number of aromatic carboxylic acids is 1. The number of allylic oxidation sites excluding steroid dienone is 1. The zero-order valence-corrected chi connectivity index (χ0v) is 15.6. The number of hydrogen-bond acceptors (Lipinski definition) is 4. The Morgan fingerprint density at radius 2 is 1.93 bits per heavy atom. The van der Waals surface area contributed by atoms with Crippen LogP contribution in [-0.4, -0.2) is 5.97 Å². The Labute approximate surface area is 165 Å². The van der Waals surface area contributed by atoms with Crippen molar-refractivity contribution in [3.05, 3.63) is 81.0 Å². The van der Waals surface area contributed by atoms with Crippen molar-refractivity contribution in [2.24, 2.45) is 0 Å². The molecule has 2 aromatic carbocycles. The fraction of sp³-hybridized carbons (Fsp3) is 0.0476. The van der Waals surface area contributed by atoms with Gasteiger partial charge >= 0.3 is 0 Å². The van der Waals surface area contributed by atoms with Crippen molar-refractivity contribution in [1.29, 1.82) is 5.26 Å². The maximum atomic E-state index is 11.0. The normalized spacial score (nSPS) is 11.3. The van der Waals surface area contributed by atoms with Crippen LogP contribution >= 0.6 is 23.2 Å². The van der Waals surface area contributed by atoms with Gasteiger partial charge in [0, 0.05) is 16.1 Å². The number of benzene rings is 2. The summed E-state index contributed by atoms with van der Waals surface area (Å²) in [6.45, 7) is 1.79. The van der Waals surface area contributed by atoms with E-state index < -0.39 is 5.97 Å². The fourth-order valence-corrected chi connectivity index (χ4v) is 3.17. The first kappa shape index (κ1) is 18.8. The van der Waals surface area contributed by atoms with Crippen molar-refractivity contribution in [3.8, 4) is 17.4 Å². The standard InChI is InChI=1S/C21H13Cl2NO3/c1-12-8-13(21(25)26)2-5-17(12)20-7-4-16(27-20)9-14(11-24)18-6-3-15(22)10-19(18)23/h2-10H,1H3,(H,25,26)/p-1/b14-9-. The van der Waals surface area contributed by atoms with E-state index in [-0.39, 0.29) is 5.56 Å². The lowest BCUT2D eigenvalue weighted by atomic mass is 10.0. The van der Waals surface area contributed by atoms with Crippen LogP contribution in [0.4, 0.5) is 0 Å². The Morgan fingerprint density at radius 1 is 1.15 bits per heavy atom. The molecule has 0 bridgehead atoms. The van der Waals surface area contributed by atoms with E-state index in [0.29, 0.717) is 32.7 Å². The highest BCUT2D eigenvalue weighted by Crippen LogP contribution is 2.31. The third kappa shape index (κ3) is 4.06. The molecular formula is C21H12Cl2NO3-. The first-order valence-corrected chi connectivity index (χ1v) is 8.64. The van der Waals surface area contributed by atoms with E-state index in [0.717, 1.165) is 11.1 Å². The number of nitriles is 1. The number of aryl methyl sites for hydroxylation is 1. The number of rotatable bonds is 4. The van der Waals surface area contributed by atoms with Gasteiger partial charge in [-0.15, -0.1) is 0 Å². The van der Waals surface area contributed by atoms with E-state index in [1.54, 1.807) is 49.4 Å². The summed E-state index contributed by atoms with van der Waals surface area (Å²) in [7, 11) is 0. The summed E-state index contributed by atoms with van der Waals surface area (Å²) in [6.07, 6.45) is 1.59. The minimum Gasteiger partial charge on any atom is -0.545 e. The number of nitrogens with zero attached hydrogens (tertiary/aromatic N) is 1. The third-order valence-electron chi connectivity index (χ3n) is 3.98. The molecule has 134 valence electrons. The average Bonchev–Trinajstić information content (AvgIpc) is 3.08. The zero-order chi connectivity index (χ0) is 19.6. The Kier molecular flexibility index (Phi) is 5.36. The summed E-state index contributed by atoms with van der Waals surface area (Å²) in [5.74, 6) is -0.203. The third-order valence-corrected chi connectivity index (χ3v) is 4.53. The van der Waals surface area contributed by atoms with Crippen molar-refractivity contribution >= 4 is 40.8 Å². The summed E-state index contributed by atoms with van der Waals surface area (Å²) in [4.78, 5) is 11.0. The van der Waals surface area contributed by atoms with Gasteiger partial charge in [-0.25, -0.2) is 0 Å². The molecule has 0 N–H and O–H groups in total. The largest absolute Gasteiger partial charge is 0.545 e. The predicted octanol–water partition coefficient (Wildman–Crippen LogP) is 4.99. The van der Waals surface area contributed by atoms with Crippen molar-refractivity contribution < 1.29 is 14.3 Å². The van der Waals surface area contributed by atoms with Crippen LogP contribution in [0.15, 0.2) is 52.9 Å². The molecule has 4 nitrogen and oxygen atoms in total. The van der Waals surface area contributed by atoms with Crippen LogP contribution < -0.4 is 5.11 Å². The number of furan rings is 1. The van der Waals surface area contributed by atoms with Gasteiger partial charge in [-0.2, -0.15) is 5.26 Å². The van der Waals surface area contributed by atoms with Crippen molar-refractivity contribution in [3.63, 3.8) is 0 Å². The number of carboxylic acids is 1. The Hall–Kier alpha value is -3.00. The van der Waals surface area contributed by atoms with Crippen molar-refractivity contribution in [2.45, 2.75) is 6.92 Å². The molecule has 0 aliphatic carbocycles. The highest BCUT2D eigenvalue weighted by molar-refractivity contribution is 6.36. The molecule has 0 radical (unpaired) electrons. The molecule has 0 saturated carbocycles. The number of carbonyl (C=O) groups is 1. The molecule has 6 heteroatoms. The van der Waals surface area contributed by atoms with Crippen LogP contribution in [0.25, 0.3) is 23.0 Å². The van der Waals surface area contributed by atoms with E-state index in [2.05, 4.69) is 6.07 Å². The van der Waals surface area contributed by atoms with Crippen LogP contribution in [-0.2, 0) is 0 Å². The highest BCUT2D eigenvalue weighted by Gasteiger charge is 2.11. The first-order chi connectivity index (χ1) is 12.9. The molecule has 0 atom stereocenters. The van der Waals surface area contributed by atoms with E-state index in [9.17, 15) is 15.2 Å². The maximum absolute atomic E-state index is 11.0. The van der Waals surface area contributed by atoms with Gasteiger partial charge in [0.2, 0.25) is 0 Å². The molecule has 3 aromatic rings. The van der Waals surface area contributed by atoms with Crippen LogP contribution in [0.3, 0.4) is 0 Å². The summed E-state index contributed by atoms with van der Waals surface area (Å²) in [6, 6.07) is 15.1. The SMILES string of the molecule is Cc1cc(C(=O)[O-])ccc1-c1ccc(/C=C(/C#N)c2ccc(Cl)cc2Cl)o1. The van der Waals surface area contributed by atoms with Gasteiger partial charge in [-0.3, -0.25) is 0 Å². The predicted molar refractivity (Wildman–Crippen MR) is 103 cm³/mol. The highest BCUT2D eigenvalue weighted by atomic mass is 35.5. The van der Waals surface area contributed by atoms with Crippen molar-refractivity contribution in [1.82, 2.24) is 0 Å². The van der Waals surface area contributed by atoms with Crippen LogP contribution in [0.1, 0.15) is 27.2 Å². The second-order valence-electron chi connectivity index (χ2n) is 5.81. The van der Waals surface area contributed by atoms with Gasteiger partial charge in [0.25, 0.3) is 0 Å². The first-order valence-electron chi connectivity index (χ1n) is 7.88. The fourth-order valence-electron chi connectivity index (χ4n) is 2.66. The Balaban J connectivity index is 1.96. The lowest BCUT2D eigenvalue weighted by Gasteiger charge is -2.07. The Morgan fingerprint density at radius 3 is 2.56 bits per heavy atom. The molecule has 1 heterocycles. The molecule has 0 saturated heterocycles. The van der Waals surface area contributed by atoms with E-state index in [1.807, 2.05) is 0 Å². The topological polar surface area (TPSA) is 77.1 Å². The van der Waals surface area contributed by atoms with Gasteiger partial charge in [0.05, 0.1) is 22.6 Å². The summed E-state index contributed by atoms with van der Waals surface area (Å²) < 4.78 is 5.81. The molecule has 0 fully saturated rings. The van der Waals surface area contributed by atoms with Gasteiger partial charge in [-0.05, 0) is 54.5 Å². The molecule has 27 heavy (non-hydrogen) atoms. The van der Waals surface area contributed by atoms with Crippen LogP contribution in [0.5, 0.6) is 0 Å². The number of carboxylic acid groups (broad SMARTS) is 1. The van der Waals surface area contributed by atoms with E-state index >= 15 is 0 Å². The molecule has 0 unspecified atom stereocenters. The smallest absolute Gasteiger partial charge is 0.135 e. The molecule has 3 rings (SSSR count). The van der Waals surface area contributed by atoms with E-state index in [4.69, 9.17) is 27.6 Å². The molecule has 0 aliphatic heterocycles. The summed E-state index contributed by atoms with van der Waals surface area (Å²) in [5.41, 5.74) is 2.48. The molecule has 0 aliphatic rings. The number of hydrogen-bond donors (Lipinski definition) is 0. The van der Waals surface area contributed by atoms with Crippen LogP contribution in [0.2, 0.25) is 10.0 Å². The second kappa shape index (κ2) is 7.71. The average molecular weight is 397 g/mol. The zero-order valence-electron chi connectivity index (χ0n) is 14.1. The van der Waals surface area contributed by atoms with Gasteiger partial charge in [-0.1, -0.05) is 41.4 Å². The van der Waals surface area contributed by atoms with Gasteiger partial charge in [0.1, 0.15) is 11.5 Å².